The van der Waals surface area contributed by atoms with Crippen LogP contribution in [0, 0.1) is 0 Å². The Balaban J connectivity index is 3.03. The van der Waals surface area contributed by atoms with Gasteiger partial charge in [0.15, 0.2) is 0 Å². The Kier molecular flexibility index (Phi) is 4.55. The zero-order valence-electron chi connectivity index (χ0n) is 9.99. The summed E-state index contributed by atoms with van der Waals surface area (Å²) in [5.74, 6) is -21.2. The topological polar surface area (TPSA) is 20.3 Å². The van der Waals surface area contributed by atoms with Crippen molar-refractivity contribution in [1.82, 2.24) is 4.90 Å². The summed E-state index contributed by atoms with van der Waals surface area (Å²) in [5, 5.41) is 0. The van der Waals surface area contributed by atoms with Crippen LogP contribution in [-0.4, -0.2) is 48.1 Å². The van der Waals surface area contributed by atoms with Gasteiger partial charge in [-0.25, -0.2) is 8.78 Å². The first-order chi connectivity index (χ1) is 8.96. The molecule has 1 saturated heterocycles. The van der Waals surface area contributed by atoms with E-state index in [1.165, 1.54) is 0 Å². The molecule has 0 aliphatic carbocycles. The SMILES string of the molecule is O=C(N1CCCCC1)C(F)(F)C(F)(F)C(F)(F)C(F)F. The Labute approximate surface area is 108 Å². The molecule has 1 heterocycles. The van der Waals surface area contributed by atoms with Gasteiger partial charge in [0.05, 0.1) is 0 Å². The normalized spacial score (nSPS) is 18.6. The van der Waals surface area contributed by atoms with Gasteiger partial charge in [-0.05, 0) is 19.3 Å². The lowest BCUT2D eigenvalue weighted by Gasteiger charge is -2.35. The highest BCUT2D eigenvalue weighted by molar-refractivity contribution is 5.85. The van der Waals surface area contributed by atoms with E-state index in [-0.39, 0.29) is 25.9 Å². The van der Waals surface area contributed by atoms with Gasteiger partial charge in [-0.15, -0.1) is 0 Å². The largest absolute Gasteiger partial charge is 0.392 e. The molecule has 0 radical (unpaired) electrons. The van der Waals surface area contributed by atoms with Crippen LogP contribution in [0.2, 0.25) is 0 Å². The zero-order valence-corrected chi connectivity index (χ0v) is 9.99. The Morgan fingerprint density at radius 3 is 1.75 bits per heavy atom. The van der Waals surface area contributed by atoms with Crippen LogP contribution in [0.3, 0.4) is 0 Å². The fraction of sp³-hybridized carbons (Fsp3) is 0.900. The second-order valence-electron chi connectivity index (χ2n) is 4.43. The van der Waals surface area contributed by atoms with Crippen molar-refractivity contribution in [3.05, 3.63) is 0 Å². The number of hydrogen-bond acceptors (Lipinski definition) is 1. The zero-order chi connectivity index (χ0) is 15.8. The summed E-state index contributed by atoms with van der Waals surface area (Å²) in [6.07, 6.45) is -3.95. The third-order valence-electron chi connectivity index (χ3n) is 3.00. The van der Waals surface area contributed by atoms with E-state index in [1.807, 2.05) is 0 Å². The van der Waals surface area contributed by atoms with Gasteiger partial charge >= 0.3 is 24.2 Å². The van der Waals surface area contributed by atoms with E-state index in [9.17, 15) is 39.9 Å². The lowest BCUT2D eigenvalue weighted by Crippen LogP contribution is -2.63. The molecule has 1 amide bonds. The van der Waals surface area contributed by atoms with Gasteiger partial charge in [0.1, 0.15) is 0 Å². The molecule has 1 fully saturated rings. The molecule has 1 rings (SSSR count). The summed E-state index contributed by atoms with van der Waals surface area (Å²) in [5.41, 5.74) is 0. The molecule has 0 unspecified atom stereocenters. The first-order valence-corrected chi connectivity index (χ1v) is 5.67. The molecule has 1 aliphatic rings. The molecule has 0 spiro atoms. The van der Waals surface area contributed by atoms with E-state index in [0.717, 1.165) is 0 Å². The minimum Gasteiger partial charge on any atom is -0.337 e. The van der Waals surface area contributed by atoms with Crippen LogP contribution in [0.15, 0.2) is 0 Å². The molecule has 0 aromatic rings. The lowest BCUT2D eigenvalue weighted by atomic mass is 10.0. The predicted octanol–water partition coefficient (Wildman–Crippen LogP) is 3.17. The van der Waals surface area contributed by atoms with Crippen LogP contribution in [0.5, 0.6) is 0 Å². The molecule has 0 bridgehead atoms. The summed E-state index contributed by atoms with van der Waals surface area (Å²) in [4.78, 5) is 11.5. The smallest absolute Gasteiger partial charge is 0.337 e. The number of rotatable bonds is 4. The molecule has 10 heteroatoms. The number of likely N-dealkylation sites (tertiary alicyclic amines) is 1. The van der Waals surface area contributed by atoms with Crippen LogP contribution in [-0.2, 0) is 4.79 Å². The first kappa shape index (κ1) is 17.0. The number of hydrogen-bond donors (Lipinski definition) is 0. The second kappa shape index (κ2) is 5.36. The summed E-state index contributed by atoms with van der Waals surface area (Å²) in [6, 6.07) is 0. The quantitative estimate of drug-likeness (QED) is 0.730. The summed E-state index contributed by atoms with van der Waals surface area (Å²) >= 11 is 0. The van der Waals surface area contributed by atoms with E-state index < -0.39 is 30.1 Å². The predicted molar refractivity (Wildman–Crippen MR) is 51.3 cm³/mol. The number of carbonyl (C=O) groups is 1. The van der Waals surface area contributed by atoms with Crippen molar-refractivity contribution in [3.8, 4) is 0 Å². The van der Waals surface area contributed by atoms with Gasteiger partial charge in [-0.3, -0.25) is 4.79 Å². The van der Waals surface area contributed by atoms with Gasteiger partial charge in [-0.2, -0.15) is 26.3 Å². The summed E-state index contributed by atoms with van der Waals surface area (Å²) in [7, 11) is 0. The van der Waals surface area contributed by atoms with E-state index in [1.54, 1.807) is 0 Å². The molecule has 0 N–H and O–H groups in total. The van der Waals surface area contributed by atoms with Gasteiger partial charge in [0.25, 0.3) is 5.91 Å². The third kappa shape index (κ3) is 2.56. The van der Waals surface area contributed by atoms with Crippen molar-refractivity contribution in [3.63, 3.8) is 0 Å². The Morgan fingerprint density at radius 2 is 1.35 bits per heavy atom. The molecule has 20 heavy (non-hydrogen) atoms. The third-order valence-corrected chi connectivity index (χ3v) is 3.00. The standard InChI is InChI=1S/C10H11F8NO/c11-6(12)8(13,14)10(17,18)9(15,16)7(20)19-4-2-1-3-5-19/h6H,1-5H2. The van der Waals surface area contributed by atoms with E-state index in [0.29, 0.717) is 11.3 Å². The maximum absolute atomic E-state index is 13.3. The monoisotopic (exact) mass is 313 g/mol. The lowest BCUT2D eigenvalue weighted by molar-refractivity contribution is -0.330. The average Bonchev–Trinajstić information content (AvgIpc) is 2.38. The van der Waals surface area contributed by atoms with Crippen LogP contribution in [0.25, 0.3) is 0 Å². The van der Waals surface area contributed by atoms with Crippen molar-refractivity contribution in [2.24, 2.45) is 0 Å². The molecule has 0 saturated carbocycles. The van der Waals surface area contributed by atoms with Crippen LogP contribution >= 0.6 is 0 Å². The summed E-state index contributed by atoms with van der Waals surface area (Å²) in [6.45, 7) is -0.602. The van der Waals surface area contributed by atoms with Crippen LogP contribution < -0.4 is 0 Å². The minimum absolute atomic E-state index is 0.249. The van der Waals surface area contributed by atoms with Crippen molar-refractivity contribution >= 4 is 5.91 Å². The second-order valence-corrected chi connectivity index (χ2v) is 4.43. The molecule has 2 nitrogen and oxygen atoms in total. The van der Waals surface area contributed by atoms with Gasteiger partial charge in [0.2, 0.25) is 0 Å². The van der Waals surface area contributed by atoms with Gasteiger partial charge in [-0.1, -0.05) is 0 Å². The van der Waals surface area contributed by atoms with Crippen LogP contribution in [0.1, 0.15) is 19.3 Å². The van der Waals surface area contributed by atoms with Crippen molar-refractivity contribution in [2.45, 2.75) is 43.5 Å². The molecule has 1 aliphatic heterocycles. The number of piperidine rings is 1. The number of halogens is 8. The van der Waals surface area contributed by atoms with E-state index in [4.69, 9.17) is 0 Å². The van der Waals surface area contributed by atoms with E-state index >= 15 is 0 Å². The average molecular weight is 313 g/mol. The first-order valence-electron chi connectivity index (χ1n) is 5.67. The number of carbonyl (C=O) groups excluding carboxylic acids is 1. The highest BCUT2D eigenvalue weighted by Gasteiger charge is 2.78. The van der Waals surface area contributed by atoms with Crippen molar-refractivity contribution in [1.29, 1.82) is 0 Å². The highest BCUT2D eigenvalue weighted by Crippen LogP contribution is 2.49. The fourth-order valence-electron chi connectivity index (χ4n) is 1.78. The number of nitrogens with zero attached hydrogens (tertiary/aromatic N) is 1. The van der Waals surface area contributed by atoms with Gasteiger partial charge in [0, 0.05) is 13.1 Å². The van der Waals surface area contributed by atoms with Crippen molar-refractivity contribution in [2.75, 3.05) is 13.1 Å². The van der Waals surface area contributed by atoms with Crippen LogP contribution in [0.4, 0.5) is 35.1 Å². The van der Waals surface area contributed by atoms with Crippen molar-refractivity contribution < 1.29 is 39.9 Å². The summed E-state index contributed by atoms with van der Waals surface area (Å²) < 4.78 is 101. The maximum atomic E-state index is 13.3. The number of amides is 1. The van der Waals surface area contributed by atoms with E-state index in [2.05, 4.69) is 0 Å². The molecule has 0 aromatic heterocycles. The van der Waals surface area contributed by atoms with Gasteiger partial charge < -0.3 is 4.90 Å². The molecular weight excluding hydrogens is 302 g/mol. The molecule has 0 atom stereocenters. The highest BCUT2D eigenvalue weighted by atomic mass is 19.4. The molecule has 0 aromatic carbocycles. The number of alkyl halides is 8. The fourth-order valence-corrected chi connectivity index (χ4v) is 1.78. The Morgan fingerprint density at radius 1 is 0.900 bits per heavy atom. The Bertz CT molecular complexity index is 364. The minimum atomic E-state index is -6.47. The molecule has 118 valence electrons. The maximum Gasteiger partial charge on any atom is 0.392 e. The molecular formula is C10H11F8NO. The Hall–Kier alpha value is -1.09.